The van der Waals surface area contributed by atoms with Crippen LogP contribution in [0.15, 0.2) is 48.1 Å². The van der Waals surface area contributed by atoms with Crippen LogP contribution < -0.4 is 10.2 Å². The number of hydrogen-bond acceptors (Lipinski definition) is 6. The molecule has 0 fully saturated rings. The molecule has 0 aliphatic rings. The van der Waals surface area contributed by atoms with Gasteiger partial charge in [-0.15, -0.1) is 0 Å². The van der Waals surface area contributed by atoms with Crippen molar-refractivity contribution in [2.45, 2.75) is 19.1 Å². The van der Waals surface area contributed by atoms with Gasteiger partial charge in [-0.25, -0.2) is 5.48 Å². The number of carbonyl (C=O) groups is 1. The van der Waals surface area contributed by atoms with Gasteiger partial charge in [-0.3, -0.25) is 10.0 Å². The quantitative estimate of drug-likeness (QED) is 0.233. The van der Waals surface area contributed by atoms with Crippen LogP contribution in [0.5, 0.6) is 5.75 Å². The number of hydrogen-bond donors (Lipinski definition) is 4. The lowest BCUT2D eigenvalue weighted by atomic mass is 9.98. The van der Waals surface area contributed by atoms with Crippen LogP contribution in [0.1, 0.15) is 18.6 Å². The standard InChI is InChI=1S/C17H23NO6/c1-12(4-3-5-15(20)18-22)17(23-2)16(21)13-6-8-14(9-7-13)24-11-10-19/h3-9,16-17,19,21-22H,10-11H2,1-2H3,(H,18,20)/b5-3+,12-4+/t16-,17-/m0/s1. The maximum absolute atomic E-state index is 10.9. The molecule has 0 saturated heterocycles. The van der Waals surface area contributed by atoms with Gasteiger partial charge in [-0.05, 0) is 30.2 Å². The fourth-order valence-electron chi connectivity index (χ4n) is 2.08. The maximum atomic E-state index is 10.9. The van der Waals surface area contributed by atoms with Crippen LogP contribution in [-0.4, -0.2) is 47.8 Å². The minimum atomic E-state index is -0.904. The Kier molecular flexibility index (Phi) is 8.74. The van der Waals surface area contributed by atoms with Crippen molar-refractivity contribution in [2.24, 2.45) is 0 Å². The Morgan fingerprint density at radius 2 is 2.00 bits per heavy atom. The molecule has 0 aromatic heterocycles. The Hall–Kier alpha value is -2.19. The Bertz CT molecular complexity index is 567. The summed E-state index contributed by atoms with van der Waals surface area (Å²) in [6, 6.07) is 6.83. The summed E-state index contributed by atoms with van der Waals surface area (Å²) in [6.45, 7) is 1.90. The first kappa shape index (κ1) is 19.9. The van der Waals surface area contributed by atoms with Crippen molar-refractivity contribution in [3.8, 4) is 5.75 Å². The molecule has 7 nitrogen and oxygen atoms in total. The Balaban J connectivity index is 2.81. The number of hydroxylamine groups is 1. The predicted molar refractivity (Wildman–Crippen MR) is 87.6 cm³/mol. The van der Waals surface area contributed by atoms with E-state index in [4.69, 9.17) is 19.8 Å². The molecular weight excluding hydrogens is 314 g/mol. The monoisotopic (exact) mass is 337 g/mol. The summed E-state index contributed by atoms with van der Waals surface area (Å²) < 4.78 is 10.6. The average molecular weight is 337 g/mol. The number of aliphatic hydroxyl groups is 2. The molecule has 2 atom stereocenters. The van der Waals surface area contributed by atoms with Crippen molar-refractivity contribution >= 4 is 5.91 Å². The Morgan fingerprint density at radius 1 is 1.33 bits per heavy atom. The van der Waals surface area contributed by atoms with Crippen LogP contribution in [0, 0.1) is 0 Å². The number of rotatable bonds is 9. The van der Waals surface area contributed by atoms with E-state index in [-0.39, 0.29) is 13.2 Å². The summed E-state index contributed by atoms with van der Waals surface area (Å²) in [5.74, 6) is -0.0498. The number of methoxy groups -OCH3 is 1. The molecule has 0 spiro atoms. The highest BCUT2D eigenvalue weighted by atomic mass is 16.5. The molecule has 0 aliphatic carbocycles. The highest BCUT2D eigenvalue weighted by Crippen LogP contribution is 2.25. The van der Waals surface area contributed by atoms with Crippen LogP contribution in [0.2, 0.25) is 0 Å². The van der Waals surface area contributed by atoms with Crippen molar-refractivity contribution in [3.63, 3.8) is 0 Å². The number of aliphatic hydroxyl groups excluding tert-OH is 2. The zero-order valence-corrected chi connectivity index (χ0v) is 13.7. The minimum absolute atomic E-state index is 0.0675. The number of allylic oxidation sites excluding steroid dienone is 2. The van der Waals surface area contributed by atoms with E-state index in [0.717, 1.165) is 6.08 Å². The molecule has 0 saturated carbocycles. The van der Waals surface area contributed by atoms with E-state index in [9.17, 15) is 9.90 Å². The molecule has 1 aromatic rings. The second kappa shape index (κ2) is 10.6. The second-order valence-corrected chi connectivity index (χ2v) is 4.99. The largest absolute Gasteiger partial charge is 0.491 e. The number of nitrogens with one attached hydrogen (secondary N) is 1. The topological polar surface area (TPSA) is 108 Å². The van der Waals surface area contributed by atoms with Gasteiger partial charge in [0.05, 0.1) is 6.61 Å². The summed E-state index contributed by atoms with van der Waals surface area (Å²) in [5, 5.41) is 27.6. The summed E-state index contributed by atoms with van der Waals surface area (Å²) in [6.07, 6.45) is 2.71. The van der Waals surface area contributed by atoms with Crippen molar-refractivity contribution < 1.29 is 29.7 Å². The van der Waals surface area contributed by atoms with Crippen molar-refractivity contribution in [1.82, 2.24) is 5.48 Å². The van der Waals surface area contributed by atoms with E-state index >= 15 is 0 Å². The molecular formula is C17H23NO6. The van der Waals surface area contributed by atoms with Crippen molar-refractivity contribution in [2.75, 3.05) is 20.3 Å². The van der Waals surface area contributed by atoms with E-state index < -0.39 is 18.1 Å². The van der Waals surface area contributed by atoms with Crippen LogP contribution in [-0.2, 0) is 9.53 Å². The van der Waals surface area contributed by atoms with Crippen molar-refractivity contribution in [1.29, 1.82) is 0 Å². The molecule has 7 heteroatoms. The van der Waals surface area contributed by atoms with E-state index in [2.05, 4.69) is 0 Å². The fourth-order valence-corrected chi connectivity index (χ4v) is 2.08. The van der Waals surface area contributed by atoms with E-state index in [0.29, 0.717) is 16.9 Å². The van der Waals surface area contributed by atoms with Gasteiger partial charge < -0.3 is 19.7 Å². The average Bonchev–Trinajstić information content (AvgIpc) is 2.60. The smallest absolute Gasteiger partial charge is 0.267 e. The lowest BCUT2D eigenvalue weighted by Gasteiger charge is -2.23. The third-order valence-corrected chi connectivity index (χ3v) is 3.29. The van der Waals surface area contributed by atoms with Gasteiger partial charge in [0.15, 0.2) is 0 Å². The molecule has 1 amide bonds. The summed E-state index contributed by atoms with van der Waals surface area (Å²) in [7, 11) is 1.48. The summed E-state index contributed by atoms with van der Waals surface area (Å²) in [4.78, 5) is 10.9. The molecule has 24 heavy (non-hydrogen) atoms. The summed E-state index contributed by atoms with van der Waals surface area (Å²) in [5.41, 5.74) is 2.83. The van der Waals surface area contributed by atoms with Crippen LogP contribution in [0.25, 0.3) is 0 Å². The van der Waals surface area contributed by atoms with E-state index in [1.807, 2.05) is 0 Å². The van der Waals surface area contributed by atoms with Gasteiger partial charge in [-0.1, -0.05) is 24.3 Å². The highest BCUT2D eigenvalue weighted by molar-refractivity contribution is 5.86. The molecule has 132 valence electrons. The first-order chi connectivity index (χ1) is 11.5. The zero-order valence-electron chi connectivity index (χ0n) is 13.7. The Labute approximate surface area is 140 Å². The van der Waals surface area contributed by atoms with Crippen LogP contribution >= 0.6 is 0 Å². The summed E-state index contributed by atoms with van der Waals surface area (Å²) >= 11 is 0. The maximum Gasteiger partial charge on any atom is 0.267 e. The van der Waals surface area contributed by atoms with Gasteiger partial charge in [0.1, 0.15) is 24.6 Å². The molecule has 0 aliphatic heterocycles. The normalized spacial score (nSPS) is 14.5. The van der Waals surface area contributed by atoms with Crippen LogP contribution in [0.3, 0.4) is 0 Å². The molecule has 4 N–H and O–H groups in total. The van der Waals surface area contributed by atoms with Gasteiger partial charge in [0, 0.05) is 13.2 Å². The van der Waals surface area contributed by atoms with E-state index in [1.165, 1.54) is 18.7 Å². The van der Waals surface area contributed by atoms with Gasteiger partial charge in [0.25, 0.3) is 5.91 Å². The molecule has 0 heterocycles. The van der Waals surface area contributed by atoms with Crippen LogP contribution in [0.4, 0.5) is 0 Å². The van der Waals surface area contributed by atoms with Gasteiger partial charge in [-0.2, -0.15) is 0 Å². The third-order valence-electron chi connectivity index (χ3n) is 3.29. The Morgan fingerprint density at radius 3 is 2.54 bits per heavy atom. The molecule has 1 aromatic carbocycles. The lowest BCUT2D eigenvalue weighted by molar-refractivity contribution is -0.124. The number of carbonyl (C=O) groups excluding carboxylic acids is 1. The fraction of sp³-hybridized carbons (Fsp3) is 0.353. The SMILES string of the molecule is CO[C@@H](/C(C)=C/C=C/C(=O)NO)[C@@H](O)c1ccc(OCCO)cc1. The minimum Gasteiger partial charge on any atom is -0.491 e. The first-order valence-corrected chi connectivity index (χ1v) is 7.36. The van der Waals surface area contributed by atoms with Gasteiger partial charge in [0.2, 0.25) is 0 Å². The second-order valence-electron chi connectivity index (χ2n) is 4.99. The van der Waals surface area contributed by atoms with E-state index in [1.54, 1.807) is 37.3 Å². The van der Waals surface area contributed by atoms with Gasteiger partial charge >= 0.3 is 0 Å². The molecule has 0 radical (unpaired) electrons. The third kappa shape index (κ3) is 6.13. The zero-order chi connectivity index (χ0) is 17.9. The number of benzene rings is 1. The molecule has 1 rings (SSSR count). The van der Waals surface area contributed by atoms with Crippen molar-refractivity contribution in [3.05, 3.63) is 53.6 Å². The molecule has 0 bridgehead atoms. The number of ether oxygens (including phenoxy) is 2. The lowest BCUT2D eigenvalue weighted by Crippen LogP contribution is -2.22. The predicted octanol–water partition coefficient (Wildman–Crippen LogP) is 1.11. The molecule has 0 unspecified atom stereocenters. The first-order valence-electron chi connectivity index (χ1n) is 7.36. The number of amides is 1. The highest BCUT2D eigenvalue weighted by Gasteiger charge is 2.22.